The second-order valence-corrected chi connectivity index (χ2v) is 5.79. The molecule has 0 spiro atoms. The Bertz CT molecular complexity index is 1150. The predicted octanol–water partition coefficient (Wildman–Crippen LogP) is 5.04. The second-order valence-electron chi connectivity index (χ2n) is 5.79. The summed E-state index contributed by atoms with van der Waals surface area (Å²) in [5, 5.41) is 0.810. The largest absolute Gasteiger partial charge is 0.438 e. The van der Waals surface area contributed by atoms with Gasteiger partial charge in [-0.15, -0.1) is 0 Å². The molecular weight excluding hydrogens is 329 g/mol. The minimum absolute atomic E-state index is 0.180. The Balaban J connectivity index is 1.95. The number of para-hydroxylation sites is 1. The fraction of sp³-hybridized carbons (Fsp3) is 0. The highest BCUT2D eigenvalue weighted by Crippen LogP contribution is 2.17. The molecule has 0 amide bonds. The zero-order valence-electron chi connectivity index (χ0n) is 13.7. The number of halogens is 1. The first kappa shape index (κ1) is 16.0. The number of fused-ring (bicyclic) bond motifs is 1. The second kappa shape index (κ2) is 6.76. The highest BCUT2D eigenvalue weighted by Gasteiger charge is 2.14. The first-order valence-electron chi connectivity index (χ1n) is 8.14. The number of carbonyl (C=O) groups excluding carboxylic acids is 1. The Morgan fingerprint density at radius 3 is 2.31 bits per heavy atom. The van der Waals surface area contributed by atoms with Crippen LogP contribution < -0.4 is 5.55 Å². The number of rotatable bonds is 3. The van der Waals surface area contributed by atoms with Gasteiger partial charge in [-0.05, 0) is 36.4 Å². The first-order chi connectivity index (χ1) is 12.7. The van der Waals surface area contributed by atoms with Crippen LogP contribution in [0.4, 0.5) is 10.1 Å². The zero-order valence-corrected chi connectivity index (χ0v) is 13.7. The Hall–Kier alpha value is -3.53. The van der Waals surface area contributed by atoms with Crippen LogP contribution in [0.1, 0.15) is 15.9 Å². The summed E-state index contributed by atoms with van der Waals surface area (Å²) in [6, 6.07) is 23.9. The number of nitrogens with zero attached hydrogens (tertiary/aromatic N) is 1. The van der Waals surface area contributed by atoms with Gasteiger partial charge in [0.05, 0.1) is 11.3 Å². The molecule has 1 heterocycles. The third-order valence-electron chi connectivity index (χ3n) is 3.99. The molecular formula is C22H14FNO2. The normalized spacial score (nSPS) is 11.7. The fourth-order valence-corrected chi connectivity index (χ4v) is 2.69. The summed E-state index contributed by atoms with van der Waals surface area (Å²) in [5.41, 5.74) is 2.24. The van der Waals surface area contributed by atoms with E-state index in [-0.39, 0.29) is 17.2 Å². The molecule has 4 aromatic rings. The lowest BCUT2D eigenvalue weighted by molar-refractivity contribution is 0.103. The van der Waals surface area contributed by atoms with E-state index in [0.29, 0.717) is 22.4 Å². The average molecular weight is 343 g/mol. The molecule has 1 aromatic heterocycles. The average Bonchev–Trinajstić information content (AvgIpc) is 2.69. The number of carbonyl (C=O) groups is 1. The smallest absolute Gasteiger partial charge is 0.231 e. The van der Waals surface area contributed by atoms with Gasteiger partial charge in [0.2, 0.25) is 5.55 Å². The van der Waals surface area contributed by atoms with Crippen LogP contribution in [-0.4, -0.2) is 5.78 Å². The molecule has 4 heteroatoms. The first-order valence-corrected chi connectivity index (χ1v) is 8.14. The van der Waals surface area contributed by atoms with E-state index in [1.807, 2.05) is 42.5 Å². The van der Waals surface area contributed by atoms with Crippen LogP contribution in [0.3, 0.4) is 0 Å². The molecule has 0 fully saturated rings. The molecule has 0 aliphatic rings. The predicted molar refractivity (Wildman–Crippen MR) is 97.7 cm³/mol. The molecule has 0 atom stereocenters. The summed E-state index contributed by atoms with van der Waals surface area (Å²) in [4.78, 5) is 17.4. The highest BCUT2D eigenvalue weighted by molar-refractivity contribution is 6.09. The molecule has 26 heavy (non-hydrogen) atoms. The van der Waals surface area contributed by atoms with Crippen molar-refractivity contribution >= 4 is 22.4 Å². The maximum atomic E-state index is 13.1. The van der Waals surface area contributed by atoms with Crippen molar-refractivity contribution < 1.29 is 13.6 Å². The summed E-state index contributed by atoms with van der Waals surface area (Å²) in [5.74, 6) is -0.527. The standard InChI is InChI=1S/C22H14FNO2/c23-17-10-12-18(13-11-17)24-22-19(21(25)15-6-2-1-3-7-15)14-16-8-4-5-9-20(16)26-22/h1-14H. The van der Waals surface area contributed by atoms with Gasteiger partial charge < -0.3 is 4.42 Å². The maximum absolute atomic E-state index is 13.1. The highest BCUT2D eigenvalue weighted by atomic mass is 19.1. The Morgan fingerprint density at radius 2 is 1.54 bits per heavy atom. The van der Waals surface area contributed by atoms with Crippen molar-refractivity contribution in [2.24, 2.45) is 4.99 Å². The van der Waals surface area contributed by atoms with Crippen LogP contribution in [0.5, 0.6) is 0 Å². The lowest BCUT2D eigenvalue weighted by Crippen LogP contribution is -2.16. The van der Waals surface area contributed by atoms with Gasteiger partial charge >= 0.3 is 0 Å². The molecule has 0 aliphatic heterocycles. The number of benzene rings is 3. The van der Waals surface area contributed by atoms with E-state index < -0.39 is 0 Å². The van der Waals surface area contributed by atoms with E-state index in [4.69, 9.17) is 4.42 Å². The van der Waals surface area contributed by atoms with Crippen LogP contribution in [0, 0.1) is 5.82 Å². The van der Waals surface area contributed by atoms with Crippen LogP contribution in [-0.2, 0) is 0 Å². The van der Waals surface area contributed by atoms with Crippen LogP contribution in [0.15, 0.2) is 94.3 Å². The molecule has 0 aliphatic carbocycles. The molecule has 3 nitrogen and oxygen atoms in total. The van der Waals surface area contributed by atoms with Gasteiger partial charge in [0.25, 0.3) is 0 Å². The van der Waals surface area contributed by atoms with Gasteiger partial charge in [-0.2, -0.15) is 0 Å². The van der Waals surface area contributed by atoms with Gasteiger partial charge in [0.15, 0.2) is 5.78 Å². The molecule has 0 saturated carbocycles. The summed E-state index contributed by atoms with van der Waals surface area (Å²) in [6.07, 6.45) is 0. The SMILES string of the molecule is O=C(c1ccccc1)c1cc2ccccc2oc1=Nc1ccc(F)cc1. The number of ketones is 1. The Labute approximate surface area is 149 Å². The van der Waals surface area contributed by atoms with E-state index in [2.05, 4.69) is 4.99 Å². The fourth-order valence-electron chi connectivity index (χ4n) is 2.69. The van der Waals surface area contributed by atoms with Crippen molar-refractivity contribution in [3.8, 4) is 0 Å². The van der Waals surface area contributed by atoms with Gasteiger partial charge in [0, 0.05) is 10.9 Å². The minimum Gasteiger partial charge on any atom is -0.438 e. The van der Waals surface area contributed by atoms with Crippen molar-refractivity contribution in [1.82, 2.24) is 0 Å². The van der Waals surface area contributed by atoms with Crippen LogP contribution in [0.2, 0.25) is 0 Å². The quantitative estimate of drug-likeness (QED) is 0.489. The minimum atomic E-state index is -0.347. The third kappa shape index (κ3) is 3.17. The summed E-state index contributed by atoms with van der Waals surface area (Å²) < 4.78 is 19.0. The van der Waals surface area contributed by atoms with Gasteiger partial charge in [-0.25, -0.2) is 9.38 Å². The molecule has 3 aromatic carbocycles. The molecule has 0 N–H and O–H groups in total. The van der Waals surface area contributed by atoms with E-state index in [1.165, 1.54) is 24.3 Å². The number of hydrogen-bond donors (Lipinski definition) is 0. The van der Waals surface area contributed by atoms with Crippen molar-refractivity contribution in [2.75, 3.05) is 0 Å². The molecule has 0 saturated heterocycles. The molecule has 0 radical (unpaired) electrons. The maximum Gasteiger partial charge on any atom is 0.231 e. The van der Waals surface area contributed by atoms with Crippen molar-refractivity contribution in [2.45, 2.75) is 0 Å². The van der Waals surface area contributed by atoms with Crippen LogP contribution in [0.25, 0.3) is 11.0 Å². The topological polar surface area (TPSA) is 42.6 Å². The summed E-state index contributed by atoms with van der Waals surface area (Å²) in [7, 11) is 0. The van der Waals surface area contributed by atoms with Gasteiger partial charge in [0.1, 0.15) is 11.4 Å². The van der Waals surface area contributed by atoms with Crippen molar-refractivity contribution in [3.63, 3.8) is 0 Å². The number of hydrogen-bond acceptors (Lipinski definition) is 3. The third-order valence-corrected chi connectivity index (χ3v) is 3.99. The van der Waals surface area contributed by atoms with Crippen LogP contribution >= 0.6 is 0 Å². The molecule has 0 bridgehead atoms. The Kier molecular flexibility index (Phi) is 4.15. The summed E-state index contributed by atoms with van der Waals surface area (Å²) >= 11 is 0. The van der Waals surface area contributed by atoms with Crippen molar-refractivity contribution in [1.29, 1.82) is 0 Å². The zero-order chi connectivity index (χ0) is 17.9. The molecule has 0 unspecified atom stereocenters. The van der Waals surface area contributed by atoms with Crippen molar-refractivity contribution in [3.05, 3.63) is 107 Å². The van der Waals surface area contributed by atoms with E-state index >= 15 is 0 Å². The van der Waals surface area contributed by atoms with E-state index in [0.717, 1.165) is 5.39 Å². The van der Waals surface area contributed by atoms with E-state index in [1.54, 1.807) is 18.2 Å². The molecule has 126 valence electrons. The van der Waals surface area contributed by atoms with Gasteiger partial charge in [-0.1, -0.05) is 48.5 Å². The van der Waals surface area contributed by atoms with Gasteiger partial charge in [-0.3, -0.25) is 4.79 Å². The Morgan fingerprint density at radius 1 is 0.846 bits per heavy atom. The monoisotopic (exact) mass is 343 g/mol. The molecule has 4 rings (SSSR count). The summed E-state index contributed by atoms with van der Waals surface area (Å²) in [6.45, 7) is 0. The van der Waals surface area contributed by atoms with E-state index in [9.17, 15) is 9.18 Å². The lowest BCUT2D eigenvalue weighted by atomic mass is 10.0. The lowest BCUT2D eigenvalue weighted by Gasteiger charge is -2.05.